The van der Waals surface area contributed by atoms with Crippen molar-refractivity contribution in [2.75, 3.05) is 0 Å². The zero-order chi connectivity index (χ0) is 15.1. The minimum Gasteiger partial charge on any atom is -0.292 e. The van der Waals surface area contributed by atoms with Crippen molar-refractivity contribution in [2.24, 2.45) is 0 Å². The quantitative estimate of drug-likeness (QED) is 0.526. The normalized spacial score (nSPS) is 12.8. The first-order valence-electron chi connectivity index (χ1n) is 6.10. The third-order valence-electron chi connectivity index (χ3n) is 3.07. The third kappa shape index (κ3) is 2.25. The van der Waals surface area contributed by atoms with Gasteiger partial charge in [0.1, 0.15) is 17.2 Å². The van der Waals surface area contributed by atoms with Gasteiger partial charge in [-0.1, -0.05) is 0 Å². The highest BCUT2D eigenvalue weighted by atomic mass is 35.5. The van der Waals surface area contributed by atoms with Gasteiger partial charge >= 0.3 is 0 Å². The van der Waals surface area contributed by atoms with Crippen molar-refractivity contribution in [3.05, 3.63) is 53.9 Å². The number of fused-ring (bicyclic) bond motifs is 1. The number of alkyl halides is 1. The summed E-state index contributed by atoms with van der Waals surface area (Å²) in [5.41, 5.74) is 0.853. The lowest BCUT2D eigenvalue weighted by Crippen LogP contribution is -2.05. The molecule has 0 bridgehead atoms. The fourth-order valence-electron chi connectivity index (χ4n) is 2.15. The summed E-state index contributed by atoms with van der Waals surface area (Å²) >= 11 is 6.06. The van der Waals surface area contributed by atoms with Crippen LogP contribution in [-0.2, 0) is 0 Å². The first-order valence-corrected chi connectivity index (χ1v) is 6.54. The van der Waals surface area contributed by atoms with Gasteiger partial charge < -0.3 is 0 Å². The van der Waals surface area contributed by atoms with Gasteiger partial charge in [0.2, 0.25) is 0 Å². The van der Waals surface area contributed by atoms with Crippen LogP contribution in [0.25, 0.3) is 16.7 Å². The summed E-state index contributed by atoms with van der Waals surface area (Å²) in [4.78, 5) is 8.20. The second-order valence-corrected chi connectivity index (χ2v) is 5.16. The van der Waals surface area contributed by atoms with E-state index in [0.717, 1.165) is 6.07 Å². The number of benzene rings is 1. The Kier molecular flexibility index (Phi) is 3.33. The van der Waals surface area contributed by atoms with E-state index in [1.165, 1.54) is 17.0 Å². The SMILES string of the molecule is CC(Cl)c1nc2cnccc2n1-c1cc(F)c(F)cc1F. The Hall–Kier alpha value is -2.08. The van der Waals surface area contributed by atoms with Crippen LogP contribution in [0.5, 0.6) is 0 Å². The molecule has 3 aromatic rings. The van der Waals surface area contributed by atoms with Crippen molar-refractivity contribution < 1.29 is 13.2 Å². The van der Waals surface area contributed by atoms with E-state index in [1.807, 2.05) is 0 Å². The Labute approximate surface area is 123 Å². The molecule has 0 radical (unpaired) electrons. The largest absolute Gasteiger partial charge is 0.292 e. The van der Waals surface area contributed by atoms with Gasteiger partial charge in [-0.3, -0.25) is 9.55 Å². The van der Waals surface area contributed by atoms with Gasteiger partial charge in [-0.05, 0) is 13.0 Å². The highest BCUT2D eigenvalue weighted by Crippen LogP contribution is 2.29. The number of hydrogen-bond donors (Lipinski definition) is 0. The maximum absolute atomic E-state index is 14.1. The maximum atomic E-state index is 14.1. The van der Waals surface area contributed by atoms with Crippen LogP contribution >= 0.6 is 11.6 Å². The Bertz CT molecular complexity index is 830. The smallest absolute Gasteiger partial charge is 0.161 e. The van der Waals surface area contributed by atoms with Crippen LogP contribution in [0.3, 0.4) is 0 Å². The van der Waals surface area contributed by atoms with E-state index in [1.54, 1.807) is 13.0 Å². The molecule has 3 rings (SSSR count). The Morgan fingerprint density at radius 2 is 1.86 bits per heavy atom. The van der Waals surface area contributed by atoms with Gasteiger partial charge in [-0.25, -0.2) is 18.2 Å². The molecule has 2 heterocycles. The van der Waals surface area contributed by atoms with Gasteiger partial charge in [-0.15, -0.1) is 11.6 Å². The Morgan fingerprint density at radius 1 is 1.14 bits per heavy atom. The van der Waals surface area contributed by atoms with Gasteiger partial charge in [0.25, 0.3) is 0 Å². The Balaban J connectivity index is 2.38. The summed E-state index contributed by atoms with van der Waals surface area (Å²) in [5, 5.41) is -0.551. The van der Waals surface area contributed by atoms with Crippen LogP contribution in [0.15, 0.2) is 30.6 Å². The molecule has 0 N–H and O–H groups in total. The predicted octanol–water partition coefficient (Wildman–Crippen LogP) is 4.14. The van der Waals surface area contributed by atoms with Crippen LogP contribution in [0.4, 0.5) is 13.2 Å². The second kappa shape index (κ2) is 5.04. The number of rotatable bonds is 2. The number of hydrogen-bond acceptors (Lipinski definition) is 2. The fourth-order valence-corrected chi connectivity index (χ4v) is 2.30. The molecule has 1 aromatic carbocycles. The molecule has 0 amide bonds. The van der Waals surface area contributed by atoms with Gasteiger partial charge in [0.05, 0.1) is 22.8 Å². The lowest BCUT2D eigenvalue weighted by atomic mass is 10.2. The van der Waals surface area contributed by atoms with Crippen LogP contribution < -0.4 is 0 Å². The topological polar surface area (TPSA) is 30.7 Å². The third-order valence-corrected chi connectivity index (χ3v) is 3.26. The molecule has 3 nitrogen and oxygen atoms in total. The molecule has 7 heteroatoms. The molecule has 0 saturated heterocycles. The Morgan fingerprint density at radius 3 is 2.57 bits per heavy atom. The summed E-state index contributed by atoms with van der Waals surface area (Å²) in [5.74, 6) is -2.97. The zero-order valence-corrected chi connectivity index (χ0v) is 11.6. The minimum absolute atomic E-state index is 0.148. The molecule has 0 saturated carbocycles. The molecular formula is C14H9ClF3N3. The van der Waals surface area contributed by atoms with Crippen LogP contribution in [0.2, 0.25) is 0 Å². The molecule has 0 spiro atoms. The number of aromatic nitrogens is 3. The lowest BCUT2D eigenvalue weighted by Gasteiger charge is -2.12. The number of imidazole rings is 1. The molecule has 0 aliphatic heterocycles. The van der Waals surface area contributed by atoms with Crippen molar-refractivity contribution in [3.8, 4) is 5.69 Å². The fraction of sp³-hybridized carbons (Fsp3) is 0.143. The number of halogens is 4. The van der Waals surface area contributed by atoms with E-state index in [-0.39, 0.29) is 5.69 Å². The van der Waals surface area contributed by atoms with Gasteiger partial charge in [-0.2, -0.15) is 0 Å². The first kappa shape index (κ1) is 13.9. The zero-order valence-electron chi connectivity index (χ0n) is 10.8. The summed E-state index contributed by atoms with van der Waals surface area (Å²) in [6.45, 7) is 1.66. The molecule has 1 unspecified atom stereocenters. The van der Waals surface area contributed by atoms with Crippen LogP contribution in [-0.4, -0.2) is 14.5 Å². The van der Waals surface area contributed by atoms with E-state index in [2.05, 4.69) is 9.97 Å². The minimum atomic E-state index is -1.25. The average molecular weight is 312 g/mol. The molecular weight excluding hydrogens is 303 g/mol. The summed E-state index contributed by atoms with van der Waals surface area (Å²) in [6, 6.07) is 2.89. The molecule has 108 valence electrons. The average Bonchev–Trinajstić information content (AvgIpc) is 2.82. The van der Waals surface area contributed by atoms with E-state index in [0.29, 0.717) is 22.9 Å². The van der Waals surface area contributed by atoms with Crippen molar-refractivity contribution in [2.45, 2.75) is 12.3 Å². The van der Waals surface area contributed by atoms with Crippen molar-refractivity contribution >= 4 is 22.6 Å². The monoisotopic (exact) mass is 311 g/mol. The molecule has 2 aromatic heterocycles. The molecule has 1 atom stereocenters. The second-order valence-electron chi connectivity index (χ2n) is 4.50. The highest BCUT2D eigenvalue weighted by molar-refractivity contribution is 6.20. The van der Waals surface area contributed by atoms with E-state index in [9.17, 15) is 13.2 Å². The maximum Gasteiger partial charge on any atom is 0.161 e. The molecule has 0 aliphatic carbocycles. The summed E-state index contributed by atoms with van der Waals surface area (Å²) in [6.07, 6.45) is 2.99. The van der Waals surface area contributed by atoms with Gasteiger partial charge in [0, 0.05) is 18.3 Å². The van der Waals surface area contributed by atoms with Crippen LogP contribution in [0, 0.1) is 17.5 Å². The number of nitrogens with zero attached hydrogens (tertiary/aromatic N) is 3. The number of pyridine rings is 1. The highest BCUT2D eigenvalue weighted by Gasteiger charge is 2.20. The van der Waals surface area contributed by atoms with E-state index < -0.39 is 22.8 Å². The van der Waals surface area contributed by atoms with E-state index in [4.69, 9.17) is 11.6 Å². The molecule has 21 heavy (non-hydrogen) atoms. The van der Waals surface area contributed by atoms with Crippen molar-refractivity contribution in [1.29, 1.82) is 0 Å². The standard InChI is InChI=1S/C14H9ClF3N3/c1-7(15)14-20-11-6-19-3-2-12(11)21(14)13-5-9(17)8(16)4-10(13)18/h2-7H,1H3. The molecule has 0 aliphatic rings. The predicted molar refractivity (Wildman–Crippen MR) is 73.0 cm³/mol. The van der Waals surface area contributed by atoms with Crippen molar-refractivity contribution in [3.63, 3.8) is 0 Å². The summed E-state index contributed by atoms with van der Waals surface area (Å²) < 4.78 is 42.0. The van der Waals surface area contributed by atoms with Gasteiger partial charge in [0.15, 0.2) is 11.6 Å². The van der Waals surface area contributed by atoms with Crippen molar-refractivity contribution in [1.82, 2.24) is 14.5 Å². The van der Waals surface area contributed by atoms with E-state index >= 15 is 0 Å². The molecule has 0 fully saturated rings. The first-order chi connectivity index (χ1) is 9.99. The van der Waals surface area contributed by atoms with Crippen LogP contribution in [0.1, 0.15) is 18.1 Å². The lowest BCUT2D eigenvalue weighted by molar-refractivity contribution is 0.492. The summed E-state index contributed by atoms with van der Waals surface area (Å²) in [7, 11) is 0.